The SMILES string of the molecule is COc1ccc(Br)c(CC(O)C2CCCc3sccc32)c1. The highest BCUT2D eigenvalue weighted by molar-refractivity contribution is 9.10. The number of aliphatic hydroxyl groups is 1. The Kier molecular flexibility index (Phi) is 4.67. The van der Waals surface area contributed by atoms with Crippen molar-refractivity contribution >= 4 is 27.3 Å². The number of hydrogen-bond acceptors (Lipinski definition) is 3. The number of fused-ring (bicyclic) bond motifs is 1. The van der Waals surface area contributed by atoms with Crippen LogP contribution >= 0.6 is 27.3 Å². The van der Waals surface area contributed by atoms with Gasteiger partial charge in [-0.1, -0.05) is 15.9 Å². The third kappa shape index (κ3) is 3.17. The van der Waals surface area contributed by atoms with Crippen LogP contribution in [0.15, 0.2) is 34.1 Å². The van der Waals surface area contributed by atoms with Crippen LogP contribution in [0.2, 0.25) is 0 Å². The second kappa shape index (κ2) is 6.51. The van der Waals surface area contributed by atoms with Crippen LogP contribution in [-0.4, -0.2) is 18.3 Å². The van der Waals surface area contributed by atoms with E-state index >= 15 is 0 Å². The van der Waals surface area contributed by atoms with Gasteiger partial charge >= 0.3 is 0 Å². The lowest BCUT2D eigenvalue weighted by molar-refractivity contribution is 0.135. The fourth-order valence-corrected chi connectivity index (χ4v) is 4.53. The van der Waals surface area contributed by atoms with Gasteiger partial charge in [0.1, 0.15) is 5.75 Å². The van der Waals surface area contributed by atoms with Gasteiger partial charge in [-0.15, -0.1) is 11.3 Å². The molecule has 2 unspecified atom stereocenters. The van der Waals surface area contributed by atoms with E-state index in [0.717, 1.165) is 22.2 Å². The molecule has 0 fully saturated rings. The van der Waals surface area contributed by atoms with Gasteiger partial charge in [0.25, 0.3) is 0 Å². The Morgan fingerprint density at radius 3 is 3.10 bits per heavy atom. The fourth-order valence-electron chi connectivity index (χ4n) is 3.12. The van der Waals surface area contributed by atoms with E-state index in [1.165, 1.54) is 23.3 Å². The summed E-state index contributed by atoms with van der Waals surface area (Å²) in [5.41, 5.74) is 2.46. The molecule has 0 saturated carbocycles. The number of aliphatic hydroxyl groups excluding tert-OH is 1. The number of aryl methyl sites for hydroxylation is 1. The second-order valence-corrected chi connectivity index (χ2v) is 7.38. The summed E-state index contributed by atoms with van der Waals surface area (Å²) in [4.78, 5) is 1.45. The molecule has 0 saturated heterocycles. The predicted octanol–water partition coefficient (Wildman–Crippen LogP) is 4.54. The highest BCUT2D eigenvalue weighted by Gasteiger charge is 2.27. The van der Waals surface area contributed by atoms with Crippen LogP contribution in [-0.2, 0) is 12.8 Å². The van der Waals surface area contributed by atoms with Crippen LogP contribution in [0.3, 0.4) is 0 Å². The smallest absolute Gasteiger partial charge is 0.119 e. The van der Waals surface area contributed by atoms with Crippen LogP contribution in [0.4, 0.5) is 0 Å². The van der Waals surface area contributed by atoms with Crippen molar-refractivity contribution in [2.75, 3.05) is 7.11 Å². The van der Waals surface area contributed by atoms with E-state index < -0.39 is 0 Å². The summed E-state index contributed by atoms with van der Waals surface area (Å²) >= 11 is 5.39. The maximum Gasteiger partial charge on any atom is 0.119 e. The van der Waals surface area contributed by atoms with Crippen LogP contribution < -0.4 is 4.74 Å². The van der Waals surface area contributed by atoms with Crippen molar-refractivity contribution < 1.29 is 9.84 Å². The molecule has 1 aromatic carbocycles. The molecule has 0 bridgehead atoms. The molecule has 2 nitrogen and oxygen atoms in total. The molecular weight excluding hydrogens is 348 g/mol. The van der Waals surface area contributed by atoms with E-state index in [2.05, 4.69) is 27.4 Å². The van der Waals surface area contributed by atoms with Crippen LogP contribution in [0.25, 0.3) is 0 Å². The van der Waals surface area contributed by atoms with Crippen LogP contribution in [0.1, 0.15) is 34.8 Å². The van der Waals surface area contributed by atoms with Crippen molar-refractivity contribution in [1.82, 2.24) is 0 Å². The van der Waals surface area contributed by atoms with Gasteiger partial charge in [0.15, 0.2) is 0 Å². The molecular formula is C17H19BrO2S. The van der Waals surface area contributed by atoms with Gasteiger partial charge in [-0.3, -0.25) is 0 Å². The van der Waals surface area contributed by atoms with E-state index in [0.29, 0.717) is 6.42 Å². The van der Waals surface area contributed by atoms with E-state index in [1.807, 2.05) is 29.5 Å². The van der Waals surface area contributed by atoms with Crippen molar-refractivity contribution in [2.45, 2.75) is 37.7 Å². The number of benzene rings is 1. The van der Waals surface area contributed by atoms with Gasteiger partial charge < -0.3 is 9.84 Å². The summed E-state index contributed by atoms with van der Waals surface area (Å²) in [6.07, 6.45) is 3.72. The van der Waals surface area contributed by atoms with Crippen LogP contribution in [0, 0.1) is 0 Å². The largest absolute Gasteiger partial charge is 0.497 e. The van der Waals surface area contributed by atoms with Crippen LogP contribution in [0.5, 0.6) is 5.75 Å². The maximum atomic E-state index is 10.7. The van der Waals surface area contributed by atoms with Gasteiger partial charge in [0.05, 0.1) is 13.2 Å². The quantitative estimate of drug-likeness (QED) is 0.860. The highest BCUT2D eigenvalue weighted by Crippen LogP contribution is 2.38. The standard InChI is InChI=1S/C17H19BrO2S/c1-20-12-5-6-15(18)11(9-12)10-16(19)13-3-2-4-17-14(13)7-8-21-17/h5-9,13,16,19H,2-4,10H2,1H3. The molecule has 1 aromatic heterocycles. The summed E-state index contributed by atoms with van der Waals surface area (Å²) < 4.78 is 6.31. The summed E-state index contributed by atoms with van der Waals surface area (Å²) in [6, 6.07) is 8.10. The summed E-state index contributed by atoms with van der Waals surface area (Å²) in [5.74, 6) is 1.10. The Bertz CT molecular complexity index is 623. The van der Waals surface area contributed by atoms with Gasteiger partial charge in [-0.25, -0.2) is 0 Å². The molecule has 1 N–H and O–H groups in total. The van der Waals surface area contributed by atoms with E-state index in [1.54, 1.807) is 7.11 Å². The summed E-state index contributed by atoms with van der Waals surface area (Å²) in [7, 11) is 1.67. The Hall–Kier alpha value is -0.840. The average molecular weight is 367 g/mol. The average Bonchev–Trinajstić information content (AvgIpc) is 2.97. The normalized spacial score (nSPS) is 19.1. The zero-order valence-corrected chi connectivity index (χ0v) is 14.4. The lowest BCUT2D eigenvalue weighted by Crippen LogP contribution is -2.24. The molecule has 3 rings (SSSR count). The zero-order chi connectivity index (χ0) is 14.8. The zero-order valence-electron chi connectivity index (χ0n) is 12.0. The van der Waals surface area contributed by atoms with Gasteiger partial charge in [-0.05, 0) is 60.0 Å². The predicted molar refractivity (Wildman–Crippen MR) is 90.4 cm³/mol. The molecule has 0 spiro atoms. The number of ether oxygens (including phenoxy) is 1. The van der Waals surface area contributed by atoms with Gasteiger partial charge in [-0.2, -0.15) is 0 Å². The molecule has 1 heterocycles. The van der Waals surface area contributed by atoms with Crippen molar-refractivity contribution in [3.05, 3.63) is 50.1 Å². The maximum absolute atomic E-state index is 10.7. The molecule has 0 aliphatic heterocycles. The molecule has 112 valence electrons. The van der Waals surface area contributed by atoms with Gasteiger partial charge in [0, 0.05) is 21.7 Å². The minimum atomic E-state index is -0.345. The third-order valence-corrected chi connectivity index (χ3v) is 6.01. The second-order valence-electron chi connectivity index (χ2n) is 5.53. The lowest BCUT2D eigenvalue weighted by atomic mass is 9.82. The van der Waals surface area contributed by atoms with E-state index in [9.17, 15) is 5.11 Å². The first kappa shape index (κ1) is 15.1. The minimum Gasteiger partial charge on any atom is -0.497 e. The minimum absolute atomic E-state index is 0.262. The molecule has 2 atom stereocenters. The first-order valence-corrected chi connectivity index (χ1v) is 8.93. The lowest BCUT2D eigenvalue weighted by Gasteiger charge is -2.27. The molecule has 21 heavy (non-hydrogen) atoms. The third-order valence-electron chi connectivity index (χ3n) is 4.24. The fraction of sp³-hybridized carbons (Fsp3) is 0.412. The molecule has 1 aliphatic rings. The number of halogens is 1. The highest BCUT2D eigenvalue weighted by atomic mass is 79.9. The molecule has 1 aliphatic carbocycles. The van der Waals surface area contributed by atoms with Crippen molar-refractivity contribution in [1.29, 1.82) is 0 Å². The van der Waals surface area contributed by atoms with E-state index in [-0.39, 0.29) is 12.0 Å². The van der Waals surface area contributed by atoms with E-state index in [4.69, 9.17) is 4.74 Å². The molecule has 0 amide bonds. The topological polar surface area (TPSA) is 29.5 Å². The Morgan fingerprint density at radius 1 is 1.43 bits per heavy atom. The van der Waals surface area contributed by atoms with Crippen molar-refractivity contribution in [2.24, 2.45) is 0 Å². The van der Waals surface area contributed by atoms with Crippen molar-refractivity contribution in [3.63, 3.8) is 0 Å². The van der Waals surface area contributed by atoms with Crippen molar-refractivity contribution in [3.8, 4) is 5.75 Å². The monoisotopic (exact) mass is 366 g/mol. The Labute approximate surface area is 137 Å². The summed E-state index contributed by atoms with van der Waals surface area (Å²) in [6.45, 7) is 0. The molecule has 2 aromatic rings. The Balaban J connectivity index is 1.80. The first-order valence-electron chi connectivity index (χ1n) is 7.26. The number of methoxy groups -OCH3 is 1. The number of rotatable bonds is 4. The van der Waals surface area contributed by atoms with Gasteiger partial charge in [0.2, 0.25) is 0 Å². The number of thiophene rings is 1. The molecule has 4 heteroatoms. The number of hydrogen-bond donors (Lipinski definition) is 1. The first-order chi connectivity index (χ1) is 10.2. The Morgan fingerprint density at radius 2 is 2.29 bits per heavy atom. The molecule has 0 radical (unpaired) electrons. The summed E-state index contributed by atoms with van der Waals surface area (Å²) in [5, 5.41) is 12.9.